The van der Waals surface area contributed by atoms with Crippen molar-refractivity contribution in [3.8, 4) is 0 Å². The molecule has 3 heteroatoms. The largest absolute Gasteiger partial charge is 0.461 e. The molecule has 4 aliphatic carbocycles. The van der Waals surface area contributed by atoms with E-state index in [1.807, 2.05) is 30.3 Å². The van der Waals surface area contributed by atoms with E-state index >= 15 is 0 Å². The van der Waals surface area contributed by atoms with Crippen LogP contribution in [-0.4, -0.2) is 17.2 Å². The Morgan fingerprint density at radius 2 is 1.76 bits per heavy atom. The summed E-state index contributed by atoms with van der Waals surface area (Å²) in [6.07, 6.45) is 14.2. The molecule has 0 spiro atoms. The van der Waals surface area contributed by atoms with E-state index in [0.717, 1.165) is 42.6 Å². The molecule has 0 heterocycles. The Hall–Kier alpha value is -1.35. The fourth-order valence-electron chi connectivity index (χ4n) is 9.24. The van der Waals surface area contributed by atoms with Crippen LogP contribution in [0.5, 0.6) is 0 Å². The van der Waals surface area contributed by atoms with Crippen LogP contribution in [0.1, 0.15) is 96.5 Å². The van der Waals surface area contributed by atoms with Gasteiger partial charge in [0.15, 0.2) is 0 Å². The molecule has 1 aromatic carbocycles. The Bertz CT molecular complexity index is 821. The van der Waals surface area contributed by atoms with E-state index in [1.54, 1.807) is 0 Å². The van der Waals surface area contributed by atoms with Gasteiger partial charge in [0.05, 0.1) is 6.10 Å². The summed E-state index contributed by atoms with van der Waals surface area (Å²) in [5, 5.41) is 11.2. The molecule has 0 aliphatic heterocycles. The highest BCUT2D eigenvalue weighted by Crippen LogP contribution is 2.67. The summed E-state index contributed by atoms with van der Waals surface area (Å²) in [6.45, 7) is 5.47. The Morgan fingerprint density at radius 3 is 2.58 bits per heavy atom. The molecule has 0 radical (unpaired) electrons. The first-order valence-corrected chi connectivity index (χ1v) is 13.8. The number of aliphatic hydroxyl groups excluding tert-OH is 1. The van der Waals surface area contributed by atoms with Gasteiger partial charge in [0.25, 0.3) is 0 Å². The number of hydrogen-bond acceptors (Lipinski definition) is 3. The maximum Gasteiger partial charge on any atom is 0.306 e. The molecule has 3 nitrogen and oxygen atoms in total. The zero-order chi connectivity index (χ0) is 23.1. The molecule has 4 saturated carbocycles. The zero-order valence-corrected chi connectivity index (χ0v) is 20.8. The Morgan fingerprint density at radius 1 is 0.970 bits per heavy atom. The fraction of sp³-hybridized carbons (Fsp3) is 0.767. The van der Waals surface area contributed by atoms with Crippen LogP contribution in [0.25, 0.3) is 0 Å². The van der Waals surface area contributed by atoms with Gasteiger partial charge in [0.2, 0.25) is 0 Å². The molecule has 8 atom stereocenters. The maximum absolute atomic E-state index is 12.3. The van der Waals surface area contributed by atoms with E-state index in [2.05, 4.69) is 13.8 Å². The molecule has 33 heavy (non-hydrogen) atoms. The highest BCUT2D eigenvalue weighted by atomic mass is 16.5. The van der Waals surface area contributed by atoms with Crippen molar-refractivity contribution in [1.29, 1.82) is 0 Å². The highest BCUT2D eigenvalue weighted by molar-refractivity contribution is 5.69. The van der Waals surface area contributed by atoms with Gasteiger partial charge in [-0.05, 0) is 104 Å². The lowest BCUT2D eigenvalue weighted by molar-refractivity contribution is -0.157. The Labute approximate surface area is 200 Å². The molecular weight excluding hydrogens is 408 g/mol. The third-order valence-corrected chi connectivity index (χ3v) is 11.0. The van der Waals surface area contributed by atoms with Crippen molar-refractivity contribution in [2.45, 2.75) is 104 Å². The standard InChI is InChI=1S/C30H44O3/c1-29-18-16-25-23(19-27(31)26-12-6-7-17-30(25,26)2)24(29)15-14-22(29)11-8-13-28(32)33-20-21-9-4-3-5-10-21/h3-5,9-10,22-27,31H,6-8,11-20H2,1-2H3/t22?,23-,24?,25-,26-,27-,29+,30+/m0/s1. The van der Waals surface area contributed by atoms with E-state index < -0.39 is 0 Å². The molecule has 0 amide bonds. The van der Waals surface area contributed by atoms with E-state index in [0.29, 0.717) is 35.7 Å². The number of fused-ring (bicyclic) bond motifs is 5. The van der Waals surface area contributed by atoms with Crippen LogP contribution < -0.4 is 0 Å². The second-order valence-electron chi connectivity index (χ2n) is 12.4. The van der Waals surface area contributed by atoms with Crippen molar-refractivity contribution >= 4 is 5.97 Å². The number of aliphatic hydroxyl groups is 1. The van der Waals surface area contributed by atoms with E-state index in [-0.39, 0.29) is 12.1 Å². The molecule has 0 aromatic heterocycles. The van der Waals surface area contributed by atoms with Gasteiger partial charge in [0.1, 0.15) is 6.61 Å². The Kier molecular flexibility index (Phi) is 6.64. The molecule has 4 fully saturated rings. The third-order valence-electron chi connectivity index (χ3n) is 11.0. The van der Waals surface area contributed by atoms with Crippen LogP contribution in [-0.2, 0) is 16.1 Å². The predicted molar refractivity (Wildman–Crippen MR) is 131 cm³/mol. The van der Waals surface area contributed by atoms with Gasteiger partial charge >= 0.3 is 5.97 Å². The average molecular weight is 453 g/mol. The van der Waals surface area contributed by atoms with Crippen molar-refractivity contribution in [2.24, 2.45) is 40.4 Å². The molecule has 182 valence electrons. The quantitative estimate of drug-likeness (QED) is 0.477. The van der Waals surface area contributed by atoms with Crippen LogP contribution in [0, 0.1) is 40.4 Å². The molecule has 1 aromatic rings. The van der Waals surface area contributed by atoms with E-state index in [4.69, 9.17) is 4.74 Å². The summed E-state index contributed by atoms with van der Waals surface area (Å²) >= 11 is 0. The normalized spacial score (nSPS) is 42.2. The predicted octanol–water partition coefficient (Wildman–Crippen LogP) is 6.92. The van der Waals surface area contributed by atoms with Crippen LogP contribution in [0.4, 0.5) is 0 Å². The number of ether oxygens (including phenoxy) is 1. The smallest absolute Gasteiger partial charge is 0.306 e. The third kappa shape index (κ3) is 4.28. The maximum atomic E-state index is 12.3. The van der Waals surface area contributed by atoms with Gasteiger partial charge in [-0.1, -0.05) is 57.0 Å². The van der Waals surface area contributed by atoms with Crippen LogP contribution in [0.3, 0.4) is 0 Å². The average Bonchev–Trinajstić information content (AvgIpc) is 3.15. The molecule has 0 saturated heterocycles. The van der Waals surface area contributed by atoms with Gasteiger partial charge in [-0.2, -0.15) is 0 Å². The minimum atomic E-state index is -0.0858. The van der Waals surface area contributed by atoms with Gasteiger partial charge in [-0.15, -0.1) is 0 Å². The highest BCUT2D eigenvalue weighted by Gasteiger charge is 2.61. The molecule has 0 bridgehead atoms. The summed E-state index contributed by atoms with van der Waals surface area (Å²) in [7, 11) is 0. The summed E-state index contributed by atoms with van der Waals surface area (Å²) < 4.78 is 5.50. The number of rotatable bonds is 6. The van der Waals surface area contributed by atoms with E-state index in [1.165, 1.54) is 51.4 Å². The fourth-order valence-corrected chi connectivity index (χ4v) is 9.24. The van der Waals surface area contributed by atoms with Crippen molar-refractivity contribution in [2.75, 3.05) is 0 Å². The summed E-state index contributed by atoms with van der Waals surface area (Å²) in [5.74, 6) is 3.49. The summed E-state index contributed by atoms with van der Waals surface area (Å²) in [6, 6.07) is 9.95. The number of carbonyl (C=O) groups excluding carboxylic acids is 1. The SMILES string of the molecule is C[C@]12CC[C@H]3[C@@H](C[C@H](O)[C@@H]4CCCC[C@@]43C)C1CCC2CCCC(=O)OCc1ccccc1. The van der Waals surface area contributed by atoms with Crippen LogP contribution in [0.15, 0.2) is 30.3 Å². The van der Waals surface area contributed by atoms with Gasteiger partial charge in [-0.3, -0.25) is 4.79 Å². The van der Waals surface area contributed by atoms with Gasteiger partial charge in [0, 0.05) is 6.42 Å². The first-order chi connectivity index (χ1) is 15.9. The zero-order valence-electron chi connectivity index (χ0n) is 20.8. The second kappa shape index (κ2) is 9.36. The van der Waals surface area contributed by atoms with Gasteiger partial charge < -0.3 is 9.84 Å². The summed E-state index contributed by atoms with van der Waals surface area (Å²) in [5.41, 5.74) is 1.81. The topological polar surface area (TPSA) is 46.5 Å². The Balaban J connectivity index is 1.17. The first-order valence-electron chi connectivity index (χ1n) is 13.8. The van der Waals surface area contributed by atoms with Crippen molar-refractivity contribution in [1.82, 2.24) is 0 Å². The lowest BCUT2D eigenvalue weighted by Gasteiger charge is -2.61. The molecule has 5 rings (SSSR count). The van der Waals surface area contributed by atoms with Gasteiger partial charge in [-0.25, -0.2) is 0 Å². The molecule has 4 aliphatic rings. The monoisotopic (exact) mass is 452 g/mol. The molecule has 1 N–H and O–H groups in total. The van der Waals surface area contributed by atoms with Crippen LogP contribution >= 0.6 is 0 Å². The lowest BCUT2D eigenvalue weighted by Crippen LogP contribution is -2.56. The molecule has 2 unspecified atom stereocenters. The number of benzene rings is 1. The number of carbonyl (C=O) groups is 1. The number of esters is 1. The second-order valence-corrected chi connectivity index (χ2v) is 12.4. The summed E-state index contributed by atoms with van der Waals surface area (Å²) in [4.78, 5) is 12.3. The van der Waals surface area contributed by atoms with Crippen molar-refractivity contribution < 1.29 is 14.6 Å². The van der Waals surface area contributed by atoms with E-state index in [9.17, 15) is 9.90 Å². The number of hydrogen-bond donors (Lipinski definition) is 1. The van der Waals surface area contributed by atoms with Crippen molar-refractivity contribution in [3.05, 3.63) is 35.9 Å². The van der Waals surface area contributed by atoms with Crippen LogP contribution in [0.2, 0.25) is 0 Å². The first kappa shape index (κ1) is 23.4. The lowest BCUT2D eigenvalue weighted by atomic mass is 9.44. The minimum absolute atomic E-state index is 0.0612. The minimum Gasteiger partial charge on any atom is -0.461 e. The van der Waals surface area contributed by atoms with Crippen molar-refractivity contribution in [3.63, 3.8) is 0 Å². The molecular formula is C30H44O3.